The van der Waals surface area contributed by atoms with Crippen molar-refractivity contribution in [2.45, 2.75) is 142 Å². The van der Waals surface area contributed by atoms with Gasteiger partial charge >= 0.3 is 0 Å². The van der Waals surface area contributed by atoms with Gasteiger partial charge in [-0.1, -0.05) is 111 Å². The topological polar surface area (TPSA) is 3.88 Å². The molecule has 0 N–H and O–H groups in total. The molecule has 0 radical (unpaired) electrons. The molecule has 28 heavy (non-hydrogen) atoms. The van der Waals surface area contributed by atoms with Gasteiger partial charge in [-0.25, -0.2) is 4.57 Å². The molecule has 1 aromatic rings. The minimum atomic E-state index is 0.685. The molecular weight excluding hydrogens is 338 g/mol. The summed E-state index contributed by atoms with van der Waals surface area (Å²) < 4.78 is 2.36. The third-order valence-corrected chi connectivity index (χ3v) is 6.37. The minimum absolute atomic E-state index is 0.685. The first-order valence-electron chi connectivity index (χ1n) is 12.8. The third kappa shape index (κ3) is 13.3. The van der Waals surface area contributed by atoms with Crippen LogP contribution in [0.1, 0.15) is 141 Å². The van der Waals surface area contributed by atoms with E-state index in [-0.39, 0.29) is 0 Å². The third-order valence-electron chi connectivity index (χ3n) is 6.37. The second-order valence-corrected chi connectivity index (χ2v) is 8.98. The molecule has 0 aromatic carbocycles. The number of nitrogens with zero attached hydrogens (tertiary/aromatic N) is 1. The summed E-state index contributed by atoms with van der Waals surface area (Å²) in [6, 6.07) is 4.61. The van der Waals surface area contributed by atoms with Crippen molar-refractivity contribution in [2.75, 3.05) is 0 Å². The minimum Gasteiger partial charge on any atom is -0.205 e. The summed E-state index contributed by atoms with van der Waals surface area (Å²) >= 11 is 0. The van der Waals surface area contributed by atoms with Gasteiger partial charge in [0.1, 0.15) is 6.54 Å². The van der Waals surface area contributed by atoms with Crippen LogP contribution >= 0.6 is 0 Å². The molecule has 0 saturated carbocycles. The molecule has 1 unspecified atom stereocenters. The zero-order chi connectivity index (χ0) is 20.3. The van der Waals surface area contributed by atoms with E-state index >= 15 is 0 Å². The molecule has 1 heterocycles. The predicted octanol–water partition coefficient (Wildman–Crippen LogP) is 8.75. The number of unbranched alkanes of at least 4 members (excludes halogenated alkanes) is 15. The molecule has 0 fully saturated rings. The summed E-state index contributed by atoms with van der Waals surface area (Å²) in [6.45, 7) is 8.06. The zero-order valence-corrected chi connectivity index (χ0v) is 19.6. The van der Waals surface area contributed by atoms with E-state index in [1.807, 2.05) is 0 Å². The highest BCUT2D eigenvalue weighted by molar-refractivity contribution is 5.12. The number of hydrogen-bond acceptors (Lipinski definition) is 0. The Kier molecular flexibility index (Phi) is 16.4. The summed E-state index contributed by atoms with van der Waals surface area (Å²) in [4.78, 5) is 0. The van der Waals surface area contributed by atoms with Gasteiger partial charge in [-0.2, -0.15) is 0 Å². The van der Waals surface area contributed by atoms with Gasteiger partial charge in [-0.15, -0.1) is 0 Å². The van der Waals surface area contributed by atoms with E-state index in [0.717, 1.165) is 0 Å². The summed E-state index contributed by atoms with van der Waals surface area (Å²) in [5.74, 6) is 0.685. The number of aryl methyl sites for hydroxylation is 1. The maximum Gasteiger partial charge on any atom is 0.169 e. The van der Waals surface area contributed by atoms with Crippen molar-refractivity contribution in [3.8, 4) is 0 Å². The highest BCUT2D eigenvalue weighted by atomic mass is 14.9. The van der Waals surface area contributed by atoms with Crippen molar-refractivity contribution >= 4 is 0 Å². The summed E-state index contributed by atoms with van der Waals surface area (Å²) in [7, 11) is 0. The fraction of sp³-hybridized carbons (Fsp3) is 0.815. The fourth-order valence-electron chi connectivity index (χ4n) is 4.02. The average molecular weight is 389 g/mol. The smallest absolute Gasteiger partial charge is 0.169 e. The van der Waals surface area contributed by atoms with E-state index in [1.54, 1.807) is 0 Å². The van der Waals surface area contributed by atoms with Crippen LogP contribution < -0.4 is 4.57 Å². The number of aromatic nitrogens is 1. The van der Waals surface area contributed by atoms with Crippen LogP contribution in [0.25, 0.3) is 0 Å². The second kappa shape index (κ2) is 18.2. The van der Waals surface area contributed by atoms with Crippen LogP contribution in [0.15, 0.2) is 24.5 Å². The molecule has 1 rings (SSSR count). The van der Waals surface area contributed by atoms with Crippen LogP contribution in [-0.2, 0) is 6.54 Å². The molecule has 162 valence electrons. The summed E-state index contributed by atoms with van der Waals surface area (Å²) in [6.07, 6.45) is 28.8. The van der Waals surface area contributed by atoms with E-state index in [9.17, 15) is 0 Å². The quantitative estimate of drug-likeness (QED) is 0.165. The Labute approximate surface area is 177 Å². The van der Waals surface area contributed by atoms with Crippen molar-refractivity contribution < 1.29 is 4.57 Å². The van der Waals surface area contributed by atoms with Gasteiger partial charge in [0.05, 0.1) is 0 Å². The molecule has 1 heteroatoms. The Morgan fingerprint density at radius 3 is 1.39 bits per heavy atom. The fourth-order valence-corrected chi connectivity index (χ4v) is 4.02. The van der Waals surface area contributed by atoms with E-state index in [4.69, 9.17) is 0 Å². The monoisotopic (exact) mass is 388 g/mol. The van der Waals surface area contributed by atoms with Gasteiger partial charge in [-0.05, 0) is 24.3 Å². The Bertz CT molecular complexity index is 436. The van der Waals surface area contributed by atoms with Crippen molar-refractivity contribution in [3.05, 3.63) is 30.1 Å². The maximum absolute atomic E-state index is 2.36. The SMILES string of the molecule is CCCCCCCCCCCCCCCCCC[n+]1ccc(C(C)CC)cc1. The van der Waals surface area contributed by atoms with Gasteiger partial charge in [0.25, 0.3) is 0 Å². The lowest BCUT2D eigenvalue weighted by molar-refractivity contribution is -0.697. The number of rotatable bonds is 19. The van der Waals surface area contributed by atoms with Crippen LogP contribution in [0.5, 0.6) is 0 Å². The van der Waals surface area contributed by atoms with Crippen LogP contribution in [0, 0.1) is 0 Å². The van der Waals surface area contributed by atoms with Gasteiger partial charge in [-0.3, -0.25) is 0 Å². The van der Waals surface area contributed by atoms with E-state index < -0.39 is 0 Å². The lowest BCUT2D eigenvalue weighted by Gasteiger charge is -2.07. The Hall–Kier alpha value is -0.850. The van der Waals surface area contributed by atoms with Crippen LogP contribution in [0.2, 0.25) is 0 Å². The van der Waals surface area contributed by atoms with Crippen LogP contribution in [0.4, 0.5) is 0 Å². The molecular formula is C27H50N+. The number of hydrogen-bond donors (Lipinski definition) is 0. The van der Waals surface area contributed by atoms with Gasteiger partial charge in [0.15, 0.2) is 12.4 Å². The van der Waals surface area contributed by atoms with Gasteiger partial charge in [0, 0.05) is 18.6 Å². The highest BCUT2D eigenvalue weighted by Gasteiger charge is 2.05. The first-order valence-corrected chi connectivity index (χ1v) is 12.8. The average Bonchev–Trinajstić information content (AvgIpc) is 2.73. The predicted molar refractivity (Wildman–Crippen MR) is 125 cm³/mol. The van der Waals surface area contributed by atoms with Crippen molar-refractivity contribution in [1.29, 1.82) is 0 Å². The van der Waals surface area contributed by atoms with Crippen LogP contribution in [-0.4, -0.2) is 0 Å². The maximum atomic E-state index is 2.36. The highest BCUT2D eigenvalue weighted by Crippen LogP contribution is 2.16. The molecule has 0 aliphatic carbocycles. The lowest BCUT2D eigenvalue weighted by Crippen LogP contribution is -2.32. The zero-order valence-electron chi connectivity index (χ0n) is 19.6. The first-order chi connectivity index (χ1) is 13.8. The number of pyridine rings is 1. The first kappa shape index (κ1) is 25.2. The summed E-state index contributed by atoms with van der Waals surface area (Å²) in [5, 5.41) is 0. The molecule has 1 nitrogen and oxygen atoms in total. The standard InChI is InChI=1S/C27H50N/c1-4-6-7-8-9-10-11-12-13-14-15-16-17-18-19-20-23-28-24-21-27(22-25-28)26(3)5-2/h21-22,24-26H,4-20,23H2,1-3H3/q+1. The normalized spacial score (nSPS) is 12.4. The Balaban J connectivity index is 1.83. The lowest BCUT2D eigenvalue weighted by atomic mass is 10.0. The Morgan fingerprint density at radius 1 is 0.607 bits per heavy atom. The van der Waals surface area contributed by atoms with Crippen molar-refractivity contribution in [2.24, 2.45) is 0 Å². The van der Waals surface area contributed by atoms with Gasteiger partial charge < -0.3 is 0 Å². The molecule has 1 aromatic heterocycles. The molecule has 0 bridgehead atoms. The molecule has 0 aliphatic heterocycles. The second-order valence-electron chi connectivity index (χ2n) is 8.98. The molecule has 1 atom stereocenters. The molecule has 0 amide bonds. The van der Waals surface area contributed by atoms with E-state index in [0.29, 0.717) is 5.92 Å². The molecule has 0 aliphatic rings. The van der Waals surface area contributed by atoms with Crippen molar-refractivity contribution in [1.82, 2.24) is 0 Å². The Morgan fingerprint density at radius 2 is 1.00 bits per heavy atom. The molecule has 0 spiro atoms. The van der Waals surface area contributed by atoms with Crippen LogP contribution in [0.3, 0.4) is 0 Å². The van der Waals surface area contributed by atoms with Crippen molar-refractivity contribution in [3.63, 3.8) is 0 Å². The largest absolute Gasteiger partial charge is 0.205 e. The van der Waals surface area contributed by atoms with E-state index in [1.165, 1.54) is 121 Å². The molecule has 0 saturated heterocycles. The van der Waals surface area contributed by atoms with Gasteiger partial charge in [0.2, 0.25) is 0 Å². The van der Waals surface area contributed by atoms with E-state index in [2.05, 4.69) is 49.9 Å². The summed E-state index contributed by atoms with van der Waals surface area (Å²) in [5.41, 5.74) is 1.48.